The van der Waals surface area contributed by atoms with Crippen LogP contribution in [0, 0.1) is 16.0 Å². The summed E-state index contributed by atoms with van der Waals surface area (Å²) < 4.78 is 0. The van der Waals surface area contributed by atoms with Gasteiger partial charge < -0.3 is 4.90 Å². The molecule has 1 amide bonds. The lowest BCUT2D eigenvalue weighted by Gasteiger charge is -2.36. The lowest BCUT2D eigenvalue weighted by Crippen LogP contribution is -2.44. The third kappa shape index (κ3) is 3.15. The first-order valence-electron chi connectivity index (χ1n) is 7.00. The van der Waals surface area contributed by atoms with Crippen molar-refractivity contribution < 1.29 is 9.72 Å². The molecule has 5 heteroatoms. The van der Waals surface area contributed by atoms with Crippen LogP contribution in [0.5, 0.6) is 0 Å². The lowest BCUT2D eigenvalue weighted by atomic mass is 9.93. The molecule has 1 saturated heterocycles. The summed E-state index contributed by atoms with van der Waals surface area (Å²) in [5.41, 5.74) is 0.521. The van der Waals surface area contributed by atoms with Crippen molar-refractivity contribution in [2.45, 2.75) is 39.2 Å². The van der Waals surface area contributed by atoms with E-state index in [9.17, 15) is 14.9 Å². The smallest absolute Gasteiger partial charge is 0.273 e. The number of nitro benzene ring substituents is 1. The van der Waals surface area contributed by atoms with Crippen molar-refractivity contribution in [2.75, 3.05) is 6.54 Å². The largest absolute Gasteiger partial charge is 0.340 e. The average molecular weight is 276 g/mol. The van der Waals surface area contributed by atoms with Crippen LogP contribution in [0.15, 0.2) is 24.3 Å². The summed E-state index contributed by atoms with van der Waals surface area (Å²) >= 11 is 0. The van der Waals surface area contributed by atoms with Crippen molar-refractivity contribution in [3.63, 3.8) is 0 Å². The summed E-state index contributed by atoms with van der Waals surface area (Å²) in [6.45, 7) is 5.00. The fourth-order valence-electron chi connectivity index (χ4n) is 2.88. The highest BCUT2D eigenvalue weighted by Crippen LogP contribution is 2.24. The van der Waals surface area contributed by atoms with E-state index >= 15 is 0 Å². The second kappa shape index (κ2) is 6.03. The van der Waals surface area contributed by atoms with Crippen LogP contribution >= 0.6 is 0 Å². The van der Waals surface area contributed by atoms with Crippen LogP contribution in [-0.4, -0.2) is 28.3 Å². The van der Waals surface area contributed by atoms with Gasteiger partial charge >= 0.3 is 0 Å². The first kappa shape index (κ1) is 14.5. The zero-order valence-corrected chi connectivity index (χ0v) is 11.9. The van der Waals surface area contributed by atoms with E-state index in [1.165, 1.54) is 6.07 Å². The van der Waals surface area contributed by atoms with E-state index in [4.69, 9.17) is 0 Å². The summed E-state index contributed by atoms with van der Waals surface area (Å²) in [5, 5.41) is 11.0. The van der Waals surface area contributed by atoms with Crippen molar-refractivity contribution in [3.8, 4) is 0 Å². The van der Waals surface area contributed by atoms with Crippen LogP contribution in [0.3, 0.4) is 0 Å². The molecule has 1 aliphatic rings. The molecule has 2 rings (SSSR count). The van der Waals surface area contributed by atoms with Gasteiger partial charge in [-0.15, -0.1) is 0 Å². The van der Waals surface area contributed by atoms with Crippen molar-refractivity contribution in [2.24, 2.45) is 5.92 Å². The number of carbonyl (C=O) groups is 1. The van der Waals surface area contributed by atoms with E-state index < -0.39 is 4.92 Å². The molecule has 0 aromatic heterocycles. The number of rotatable bonds is 3. The minimum absolute atomic E-state index is 0.0151. The molecule has 1 aromatic rings. The second-order valence-electron chi connectivity index (χ2n) is 5.63. The SMILES string of the molecule is C[C@@H]1CCN(C(=O)Cc2ccccc2[N+](=O)[O-])[C@@H](C)C1. The number of nitrogens with zero attached hydrogens (tertiary/aromatic N) is 2. The van der Waals surface area contributed by atoms with Crippen molar-refractivity contribution in [3.05, 3.63) is 39.9 Å². The fourth-order valence-corrected chi connectivity index (χ4v) is 2.88. The maximum atomic E-state index is 12.4. The molecular formula is C15H20N2O3. The second-order valence-corrected chi connectivity index (χ2v) is 5.63. The van der Waals surface area contributed by atoms with Crippen LogP contribution < -0.4 is 0 Å². The van der Waals surface area contributed by atoms with Crippen molar-refractivity contribution >= 4 is 11.6 Å². The van der Waals surface area contributed by atoms with E-state index in [0.29, 0.717) is 11.5 Å². The monoisotopic (exact) mass is 276 g/mol. The van der Waals surface area contributed by atoms with Crippen molar-refractivity contribution in [1.29, 1.82) is 0 Å². The summed E-state index contributed by atoms with van der Waals surface area (Å²) in [6, 6.07) is 6.68. The maximum Gasteiger partial charge on any atom is 0.273 e. The van der Waals surface area contributed by atoms with Gasteiger partial charge in [-0.2, -0.15) is 0 Å². The van der Waals surface area contributed by atoms with Crippen LogP contribution in [0.25, 0.3) is 0 Å². The van der Waals surface area contributed by atoms with Gasteiger partial charge in [0.2, 0.25) is 5.91 Å². The maximum absolute atomic E-state index is 12.4. The molecule has 0 unspecified atom stereocenters. The van der Waals surface area contributed by atoms with Crippen LogP contribution in [0.1, 0.15) is 32.3 Å². The number of benzene rings is 1. The number of nitro groups is 1. The van der Waals surface area contributed by atoms with E-state index in [-0.39, 0.29) is 24.1 Å². The van der Waals surface area contributed by atoms with Gasteiger partial charge in [0.15, 0.2) is 0 Å². The molecule has 0 N–H and O–H groups in total. The van der Waals surface area contributed by atoms with Gasteiger partial charge in [-0.1, -0.05) is 25.1 Å². The lowest BCUT2D eigenvalue weighted by molar-refractivity contribution is -0.385. The van der Waals surface area contributed by atoms with Gasteiger partial charge in [-0.25, -0.2) is 0 Å². The molecule has 0 saturated carbocycles. The number of amides is 1. The molecule has 5 nitrogen and oxygen atoms in total. The minimum atomic E-state index is -0.426. The van der Waals surface area contributed by atoms with Crippen LogP contribution in [0.4, 0.5) is 5.69 Å². The van der Waals surface area contributed by atoms with Gasteiger partial charge in [0, 0.05) is 24.2 Å². The predicted molar refractivity (Wildman–Crippen MR) is 76.4 cm³/mol. The third-order valence-electron chi connectivity index (χ3n) is 3.99. The van der Waals surface area contributed by atoms with Crippen LogP contribution in [-0.2, 0) is 11.2 Å². The predicted octanol–water partition coefficient (Wildman–Crippen LogP) is 2.78. The molecule has 1 aliphatic heterocycles. The zero-order chi connectivity index (χ0) is 14.7. The molecule has 1 heterocycles. The Hall–Kier alpha value is -1.91. The number of carbonyl (C=O) groups excluding carboxylic acids is 1. The number of para-hydroxylation sites is 1. The minimum Gasteiger partial charge on any atom is -0.340 e. The molecule has 0 spiro atoms. The van der Waals surface area contributed by atoms with Gasteiger partial charge in [0.05, 0.1) is 11.3 Å². The molecule has 1 fully saturated rings. The Morgan fingerprint density at radius 2 is 2.10 bits per heavy atom. The molecule has 0 aliphatic carbocycles. The molecule has 1 aromatic carbocycles. The third-order valence-corrected chi connectivity index (χ3v) is 3.99. The van der Waals surface area contributed by atoms with Crippen LogP contribution in [0.2, 0.25) is 0 Å². The first-order chi connectivity index (χ1) is 9.49. The quantitative estimate of drug-likeness (QED) is 0.630. The molecular weight excluding hydrogens is 256 g/mol. The van der Waals surface area contributed by atoms with E-state index in [1.807, 2.05) is 11.8 Å². The standard InChI is InChI=1S/C15H20N2O3/c1-11-7-8-16(12(2)9-11)15(18)10-13-5-3-4-6-14(13)17(19)20/h3-6,11-12H,7-10H2,1-2H3/t11-,12+/m1/s1. The Labute approximate surface area is 118 Å². The summed E-state index contributed by atoms with van der Waals surface area (Å²) in [5.74, 6) is 0.624. The van der Waals surface area contributed by atoms with Gasteiger partial charge in [-0.3, -0.25) is 14.9 Å². The highest BCUT2D eigenvalue weighted by Gasteiger charge is 2.27. The summed E-state index contributed by atoms with van der Waals surface area (Å²) in [4.78, 5) is 24.8. The Kier molecular flexibility index (Phi) is 4.37. The highest BCUT2D eigenvalue weighted by molar-refractivity contribution is 5.80. The molecule has 0 bridgehead atoms. The fraction of sp³-hybridized carbons (Fsp3) is 0.533. The molecule has 108 valence electrons. The number of hydrogen-bond acceptors (Lipinski definition) is 3. The highest BCUT2D eigenvalue weighted by atomic mass is 16.6. The van der Waals surface area contributed by atoms with Gasteiger partial charge in [-0.05, 0) is 25.7 Å². The number of hydrogen-bond donors (Lipinski definition) is 0. The Morgan fingerprint density at radius 3 is 2.75 bits per heavy atom. The summed E-state index contributed by atoms with van der Waals surface area (Å²) in [6.07, 6.45) is 2.12. The topological polar surface area (TPSA) is 63.5 Å². The summed E-state index contributed by atoms with van der Waals surface area (Å²) in [7, 11) is 0. The molecule has 2 atom stereocenters. The number of likely N-dealkylation sites (tertiary alicyclic amines) is 1. The molecule has 0 radical (unpaired) electrons. The van der Waals surface area contributed by atoms with E-state index in [0.717, 1.165) is 19.4 Å². The Balaban J connectivity index is 2.10. The van der Waals surface area contributed by atoms with Crippen molar-refractivity contribution in [1.82, 2.24) is 4.90 Å². The van der Waals surface area contributed by atoms with E-state index in [1.54, 1.807) is 18.2 Å². The number of piperidine rings is 1. The van der Waals surface area contributed by atoms with Gasteiger partial charge in [0.1, 0.15) is 0 Å². The average Bonchev–Trinajstić information content (AvgIpc) is 2.38. The van der Waals surface area contributed by atoms with Gasteiger partial charge in [0.25, 0.3) is 5.69 Å². The zero-order valence-electron chi connectivity index (χ0n) is 11.9. The Morgan fingerprint density at radius 1 is 1.40 bits per heavy atom. The molecule has 20 heavy (non-hydrogen) atoms. The van der Waals surface area contributed by atoms with E-state index in [2.05, 4.69) is 6.92 Å². The normalized spacial score (nSPS) is 22.6. The Bertz CT molecular complexity index is 516. The first-order valence-corrected chi connectivity index (χ1v) is 7.00.